The summed E-state index contributed by atoms with van der Waals surface area (Å²) in [5.74, 6) is -1.16. The summed E-state index contributed by atoms with van der Waals surface area (Å²) >= 11 is 0. The molecule has 3 heteroatoms. The lowest BCUT2D eigenvalue weighted by molar-refractivity contribution is -0.229. The Balaban J connectivity index is 2.24. The van der Waals surface area contributed by atoms with Crippen LogP contribution in [0.15, 0.2) is 30.3 Å². The molecule has 2 rings (SSSR count). The molecule has 1 heterocycles. The van der Waals surface area contributed by atoms with Gasteiger partial charge in [-0.25, -0.2) is 4.79 Å². The topological polar surface area (TPSA) is 35.5 Å². The Morgan fingerprint density at radius 3 is 2.16 bits per heavy atom. The van der Waals surface area contributed by atoms with Gasteiger partial charge in [-0.1, -0.05) is 51.1 Å². The van der Waals surface area contributed by atoms with E-state index in [2.05, 4.69) is 0 Å². The molecule has 0 saturated carbocycles. The van der Waals surface area contributed by atoms with Crippen molar-refractivity contribution in [2.75, 3.05) is 0 Å². The van der Waals surface area contributed by atoms with Crippen LogP contribution in [0, 0.1) is 5.41 Å². The van der Waals surface area contributed by atoms with Gasteiger partial charge >= 0.3 is 5.97 Å². The van der Waals surface area contributed by atoms with E-state index in [0.29, 0.717) is 6.42 Å². The molecule has 0 radical (unpaired) electrons. The highest BCUT2D eigenvalue weighted by atomic mass is 16.8. The molecular formula is C16H22O3. The van der Waals surface area contributed by atoms with Gasteiger partial charge in [0.25, 0.3) is 0 Å². The molecular weight excluding hydrogens is 240 g/mol. The minimum Gasteiger partial charge on any atom is -0.431 e. The van der Waals surface area contributed by atoms with Crippen LogP contribution < -0.4 is 0 Å². The van der Waals surface area contributed by atoms with Crippen LogP contribution in [0.1, 0.15) is 40.2 Å². The van der Waals surface area contributed by atoms with E-state index in [1.54, 1.807) is 6.92 Å². The smallest absolute Gasteiger partial charge is 0.341 e. The summed E-state index contributed by atoms with van der Waals surface area (Å²) in [5, 5.41) is 0. The summed E-state index contributed by atoms with van der Waals surface area (Å²) in [7, 11) is 0. The van der Waals surface area contributed by atoms with Gasteiger partial charge in [-0.2, -0.15) is 0 Å². The third-order valence-electron chi connectivity index (χ3n) is 3.89. The van der Waals surface area contributed by atoms with E-state index in [1.165, 1.54) is 0 Å². The van der Waals surface area contributed by atoms with Crippen molar-refractivity contribution in [3.05, 3.63) is 35.9 Å². The lowest BCUT2D eigenvalue weighted by Gasteiger charge is -2.36. The predicted molar refractivity (Wildman–Crippen MR) is 73.6 cm³/mol. The van der Waals surface area contributed by atoms with Crippen molar-refractivity contribution < 1.29 is 14.3 Å². The highest BCUT2D eigenvalue weighted by molar-refractivity contribution is 5.81. The molecule has 0 unspecified atom stereocenters. The van der Waals surface area contributed by atoms with E-state index < -0.39 is 11.4 Å². The number of ether oxygens (including phenoxy) is 2. The third-order valence-corrected chi connectivity index (χ3v) is 3.89. The van der Waals surface area contributed by atoms with Gasteiger partial charge in [-0.15, -0.1) is 0 Å². The lowest BCUT2D eigenvalue weighted by Crippen LogP contribution is -2.43. The molecule has 19 heavy (non-hydrogen) atoms. The molecule has 2 atom stereocenters. The van der Waals surface area contributed by atoms with E-state index in [4.69, 9.17) is 9.47 Å². The normalized spacial score (nSPS) is 31.3. The third kappa shape index (κ3) is 2.52. The second-order valence-electron chi connectivity index (χ2n) is 6.58. The number of benzene rings is 1. The van der Waals surface area contributed by atoms with Crippen LogP contribution in [-0.4, -0.2) is 17.4 Å². The first-order chi connectivity index (χ1) is 8.66. The van der Waals surface area contributed by atoms with E-state index in [0.717, 1.165) is 5.56 Å². The Kier molecular flexibility index (Phi) is 3.21. The Hall–Kier alpha value is -1.35. The van der Waals surface area contributed by atoms with Crippen LogP contribution in [0.4, 0.5) is 0 Å². The summed E-state index contributed by atoms with van der Waals surface area (Å²) in [6, 6.07) is 9.87. The van der Waals surface area contributed by atoms with Crippen LogP contribution in [-0.2, 0) is 20.7 Å². The molecule has 1 aliphatic rings. The van der Waals surface area contributed by atoms with Gasteiger partial charge in [0, 0.05) is 18.8 Å². The fourth-order valence-electron chi connectivity index (χ4n) is 2.18. The van der Waals surface area contributed by atoms with Gasteiger partial charge in [0.05, 0.1) is 0 Å². The number of cyclic esters (lactones) is 1. The Labute approximate surface area is 114 Å². The molecule has 1 fully saturated rings. The first kappa shape index (κ1) is 14.1. The van der Waals surface area contributed by atoms with Crippen LogP contribution in [0.3, 0.4) is 0 Å². The van der Waals surface area contributed by atoms with Gasteiger partial charge < -0.3 is 9.47 Å². The van der Waals surface area contributed by atoms with E-state index in [-0.39, 0.29) is 11.4 Å². The Morgan fingerprint density at radius 1 is 1.11 bits per heavy atom. The van der Waals surface area contributed by atoms with E-state index in [9.17, 15) is 4.79 Å². The first-order valence-electron chi connectivity index (χ1n) is 6.64. The van der Waals surface area contributed by atoms with Crippen molar-refractivity contribution in [1.29, 1.82) is 0 Å². The van der Waals surface area contributed by atoms with Gasteiger partial charge in [0.15, 0.2) is 5.60 Å². The molecule has 0 aliphatic carbocycles. The molecule has 1 aromatic rings. The zero-order valence-electron chi connectivity index (χ0n) is 12.3. The minimum absolute atomic E-state index is 0.267. The van der Waals surface area contributed by atoms with Crippen molar-refractivity contribution in [3.8, 4) is 0 Å². The lowest BCUT2D eigenvalue weighted by atomic mass is 9.86. The molecule has 1 aliphatic heterocycles. The average molecular weight is 262 g/mol. The number of carbonyl (C=O) groups is 1. The monoisotopic (exact) mass is 262 g/mol. The van der Waals surface area contributed by atoms with E-state index >= 15 is 0 Å². The van der Waals surface area contributed by atoms with Crippen molar-refractivity contribution in [1.82, 2.24) is 0 Å². The minimum atomic E-state index is -0.913. The molecule has 1 aromatic carbocycles. The van der Waals surface area contributed by atoms with Gasteiger partial charge in [-0.3, -0.25) is 0 Å². The highest BCUT2D eigenvalue weighted by Gasteiger charge is 2.57. The van der Waals surface area contributed by atoms with Crippen LogP contribution >= 0.6 is 0 Å². The Morgan fingerprint density at radius 2 is 1.68 bits per heavy atom. The largest absolute Gasteiger partial charge is 0.431 e. The number of carbonyl (C=O) groups excluding carboxylic acids is 1. The molecule has 1 saturated heterocycles. The molecule has 3 nitrogen and oxygen atoms in total. The van der Waals surface area contributed by atoms with E-state index in [1.807, 2.05) is 58.0 Å². The molecule has 0 spiro atoms. The van der Waals surface area contributed by atoms with Crippen molar-refractivity contribution in [2.45, 2.75) is 52.4 Å². The highest BCUT2D eigenvalue weighted by Crippen LogP contribution is 2.44. The first-order valence-corrected chi connectivity index (χ1v) is 6.64. The Bertz CT molecular complexity index is 475. The fourth-order valence-corrected chi connectivity index (χ4v) is 2.18. The van der Waals surface area contributed by atoms with Crippen LogP contribution in [0.25, 0.3) is 0 Å². The van der Waals surface area contributed by atoms with Gasteiger partial charge in [0.1, 0.15) is 0 Å². The van der Waals surface area contributed by atoms with Gasteiger partial charge in [-0.05, 0) is 12.5 Å². The summed E-state index contributed by atoms with van der Waals surface area (Å²) in [5.41, 5.74) is -0.111. The van der Waals surface area contributed by atoms with Crippen molar-refractivity contribution in [2.24, 2.45) is 5.41 Å². The maximum Gasteiger partial charge on any atom is 0.341 e. The number of hydrogen-bond donors (Lipinski definition) is 0. The molecule has 0 amide bonds. The van der Waals surface area contributed by atoms with Crippen molar-refractivity contribution >= 4 is 5.97 Å². The second-order valence-corrected chi connectivity index (χ2v) is 6.58. The van der Waals surface area contributed by atoms with Gasteiger partial charge in [0.2, 0.25) is 5.79 Å². The molecule has 104 valence electrons. The number of esters is 1. The standard InChI is InChI=1S/C16H22O3/c1-14(2,3)16(5)18-13(17)15(4,19-16)11-12-9-7-6-8-10-12/h6-10H,11H2,1-5H3/t15-,16-/m0/s1. The number of rotatable bonds is 2. The van der Waals surface area contributed by atoms with Crippen LogP contribution in [0.2, 0.25) is 0 Å². The summed E-state index contributed by atoms with van der Waals surface area (Å²) in [6.07, 6.45) is 0.526. The maximum absolute atomic E-state index is 12.2. The zero-order chi connectivity index (χ0) is 14.3. The summed E-state index contributed by atoms with van der Waals surface area (Å²) in [4.78, 5) is 12.2. The molecule has 0 aromatic heterocycles. The zero-order valence-corrected chi connectivity index (χ0v) is 12.3. The molecule has 0 bridgehead atoms. The summed E-state index contributed by atoms with van der Waals surface area (Å²) in [6.45, 7) is 9.66. The maximum atomic E-state index is 12.2. The summed E-state index contributed by atoms with van der Waals surface area (Å²) < 4.78 is 11.6. The SMILES string of the molecule is CC(C)(C)[C@@]1(C)OC(=O)[C@](C)(Cc2ccccc2)O1. The fraction of sp³-hybridized carbons (Fsp3) is 0.562. The molecule has 0 N–H and O–H groups in total. The number of hydrogen-bond acceptors (Lipinski definition) is 3. The quantitative estimate of drug-likeness (QED) is 0.767. The van der Waals surface area contributed by atoms with Crippen LogP contribution in [0.5, 0.6) is 0 Å². The average Bonchev–Trinajstić information content (AvgIpc) is 2.51. The second kappa shape index (κ2) is 4.34. The van der Waals surface area contributed by atoms with Crippen molar-refractivity contribution in [3.63, 3.8) is 0 Å². The predicted octanol–water partition coefficient (Wildman–Crippen LogP) is 3.32.